The third kappa shape index (κ3) is 3.43. The molecule has 1 aliphatic heterocycles. The van der Waals surface area contributed by atoms with Gasteiger partial charge in [0.15, 0.2) is 0 Å². The molecule has 0 spiro atoms. The van der Waals surface area contributed by atoms with Crippen molar-refractivity contribution in [1.29, 1.82) is 0 Å². The third-order valence-corrected chi connectivity index (χ3v) is 4.19. The van der Waals surface area contributed by atoms with E-state index in [9.17, 15) is 4.39 Å². The first-order chi connectivity index (χ1) is 8.20. The Balaban J connectivity index is 1.96. The molecule has 0 aliphatic carbocycles. The van der Waals surface area contributed by atoms with Gasteiger partial charge in [-0.2, -0.15) is 0 Å². The summed E-state index contributed by atoms with van der Waals surface area (Å²) in [5.41, 5.74) is 0.895. The van der Waals surface area contributed by atoms with Crippen LogP contribution in [-0.4, -0.2) is 23.3 Å². The quantitative estimate of drug-likeness (QED) is 0.755. The van der Waals surface area contributed by atoms with E-state index >= 15 is 0 Å². The fraction of sp³-hybridized carbons (Fsp3) is 0.538. The van der Waals surface area contributed by atoms with E-state index in [1.807, 2.05) is 6.07 Å². The topological polar surface area (TPSA) is 3.24 Å². The highest BCUT2D eigenvalue weighted by atomic mass is 79.9. The van der Waals surface area contributed by atoms with Gasteiger partial charge in [0.1, 0.15) is 5.82 Å². The molecule has 2 rings (SSSR count). The molecule has 0 N–H and O–H groups in total. The lowest BCUT2D eigenvalue weighted by Crippen LogP contribution is -2.20. The van der Waals surface area contributed by atoms with Crippen LogP contribution in [0.25, 0.3) is 0 Å². The summed E-state index contributed by atoms with van der Waals surface area (Å²) >= 11 is 9.44. The maximum atomic E-state index is 13.3. The molecule has 0 bridgehead atoms. The predicted octanol–water partition coefficient (Wildman–Crippen LogP) is 4.09. The van der Waals surface area contributed by atoms with Gasteiger partial charge in [-0.3, -0.25) is 4.90 Å². The van der Waals surface area contributed by atoms with Gasteiger partial charge in [0.2, 0.25) is 0 Å². The van der Waals surface area contributed by atoms with Crippen LogP contribution < -0.4 is 0 Å². The smallest absolute Gasteiger partial charge is 0.142 e. The number of nitrogens with zero attached hydrogens (tertiary/aromatic N) is 1. The summed E-state index contributed by atoms with van der Waals surface area (Å²) in [6.45, 7) is 2.94. The Bertz CT molecular complexity index is 386. The van der Waals surface area contributed by atoms with E-state index in [2.05, 4.69) is 20.8 Å². The Morgan fingerprint density at radius 2 is 2.29 bits per heavy atom. The minimum atomic E-state index is -0.319. The zero-order chi connectivity index (χ0) is 12.3. The van der Waals surface area contributed by atoms with Crippen LogP contribution in [0, 0.1) is 11.7 Å². The predicted molar refractivity (Wildman–Crippen MR) is 73.2 cm³/mol. The molecule has 1 aromatic carbocycles. The van der Waals surface area contributed by atoms with Crippen molar-refractivity contribution in [2.24, 2.45) is 5.92 Å². The summed E-state index contributed by atoms with van der Waals surface area (Å²) in [5, 5.41) is 1.34. The molecule has 0 radical (unpaired) electrons. The first-order valence-corrected chi connectivity index (χ1v) is 7.42. The van der Waals surface area contributed by atoms with Gasteiger partial charge in [-0.25, -0.2) is 4.39 Å². The number of hydrogen-bond donors (Lipinski definition) is 0. The van der Waals surface area contributed by atoms with Crippen LogP contribution >= 0.6 is 27.5 Å². The zero-order valence-electron chi connectivity index (χ0n) is 9.63. The summed E-state index contributed by atoms with van der Waals surface area (Å²) in [5.74, 6) is 0.446. The van der Waals surface area contributed by atoms with Crippen molar-refractivity contribution >= 4 is 27.5 Å². The molecule has 0 amide bonds. The molecule has 1 aliphatic rings. The molecule has 94 valence electrons. The SMILES string of the molecule is Fc1cccc(CN2CCC(CCBr)C2)c1Cl. The van der Waals surface area contributed by atoms with E-state index in [4.69, 9.17) is 11.6 Å². The van der Waals surface area contributed by atoms with Crippen molar-refractivity contribution in [2.75, 3.05) is 18.4 Å². The first-order valence-electron chi connectivity index (χ1n) is 5.92. The first kappa shape index (κ1) is 13.3. The van der Waals surface area contributed by atoms with Crippen molar-refractivity contribution in [3.63, 3.8) is 0 Å². The minimum absolute atomic E-state index is 0.274. The van der Waals surface area contributed by atoms with E-state index in [-0.39, 0.29) is 10.8 Å². The summed E-state index contributed by atoms with van der Waals surface area (Å²) in [6.07, 6.45) is 2.45. The van der Waals surface area contributed by atoms with Crippen LogP contribution in [0.2, 0.25) is 5.02 Å². The van der Waals surface area contributed by atoms with Crippen LogP contribution in [0.5, 0.6) is 0 Å². The molecule has 1 nitrogen and oxygen atoms in total. The van der Waals surface area contributed by atoms with Gasteiger partial charge in [-0.05, 0) is 36.9 Å². The van der Waals surface area contributed by atoms with Gasteiger partial charge >= 0.3 is 0 Å². The second kappa shape index (κ2) is 6.17. The lowest BCUT2D eigenvalue weighted by molar-refractivity contribution is 0.315. The van der Waals surface area contributed by atoms with E-state index in [0.717, 1.165) is 36.4 Å². The molecule has 17 heavy (non-hydrogen) atoms. The number of hydrogen-bond acceptors (Lipinski definition) is 1. The summed E-state index contributed by atoms with van der Waals surface area (Å²) in [4.78, 5) is 2.36. The number of rotatable bonds is 4. The maximum Gasteiger partial charge on any atom is 0.142 e. The molecule has 1 unspecified atom stereocenters. The molecule has 1 aromatic rings. The number of halogens is 3. The Hall–Kier alpha value is -0.120. The van der Waals surface area contributed by atoms with Crippen molar-refractivity contribution in [1.82, 2.24) is 4.90 Å². The second-order valence-electron chi connectivity index (χ2n) is 4.58. The molecule has 1 saturated heterocycles. The fourth-order valence-electron chi connectivity index (χ4n) is 2.36. The highest BCUT2D eigenvalue weighted by molar-refractivity contribution is 9.09. The van der Waals surface area contributed by atoms with Gasteiger partial charge in [-0.15, -0.1) is 0 Å². The minimum Gasteiger partial charge on any atom is -0.299 e. The summed E-state index contributed by atoms with van der Waals surface area (Å²) in [6, 6.07) is 5.04. The molecular formula is C13H16BrClFN. The van der Waals surface area contributed by atoms with Gasteiger partial charge in [0.05, 0.1) is 5.02 Å². The highest BCUT2D eigenvalue weighted by Gasteiger charge is 2.22. The molecular weight excluding hydrogens is 305 g/mol. The zero-order valence-corrected chi connectivity index (χ0v) is 12.0. The van der Waals surface area contributed by atoms with Crippen LogP contribution in [0.4, 0.5) is 4.39 Å². The number of benzene rings is 1. The Labute approximate surface area is 115 Å². The monoisotopic (exact) mass is 319 g/mol. The van der Waals surface area contributed by atoms with Crippen molar-refractivity contribution < 1.29 is 4.39 Å². The molecule has 0 aromatic heterocycles. The van der Waals surface area contributed by atoms with Crippen LogP contribution in [-0.2, 0) is 6.54 Å². The van der Waals surface area contributed by atoms with Crippen molar-refractivity contribution in [3.8, 4) is 0 Å². The summed E-state index contributed by atoms with van der Waals surface area (Å²) in [7, 11) is 0. The fourth-order valence-corrected chi connectivity index (χ4v) is 3.19. The van der Waals surface area contributed by atoms with Gasteiger partial charge in [0, 0.05) is 18.4 Å². The Morgan fingerprint density at radius 3 is 3.06 bits per heavy atom. The van der Waals surface area contributed by atoms with E-state index in [1.54, 1.807) is 6.07 Å². The van der Waals surface area contributed by atoms with Crippen LogP contribution in [0.15, 0.2) is 18.2 Å². The average molecular weight is 321 g/mol. The molecule has 4 heteroatoms. The van der Waals surface area contributed by atoms with Crippen molar-refractivity contribution in [2.45, 2.75) is 19.4 Å². The van der Waals surface area contributed by atoms with Crippen LogP contribution in [0.3, 0.4) is 0 Å². The van der Waals surface area contributed by atoms with E-state index in [1.165, 1.54) is 18.9 Å². The highest BCUT2D eigenvalue weighted by Crippen LogP contribution is 2.25. The van der Waals surface area contributed by atoms with E-state index < -0.39 is 0 Å². The van der Waals surface area contributed by atoms with Gasteiger partial charge < -0.3 is 0 Å². The third-order valence-electron chi connectivity index (χ3n) is 3.31. The normalized spacial score (nSPS) is 21.0. The average Bonchev–Trinajstić information content (AvgIpc) is 2.73. The number of likely N-dealkylation sites (tertiary alicyclic amines) is 1. The molecule has 1 fully saturated rings. The largest absolute Gasteiger partial charge is 0.299 e. The Kier molecular flexibility index (Phi) is 4.83. The van der Waals surface area contributed by atoms with E-state index in [0.29, 0.717) is 0 Å². The standard InChI is InChI=1S/C13H16BrClFN/c14-6-4-10-5-7-17(8-10)9-11-2-1-3-12(16)13(11)15/h1-3,10H,4-9H2. The number of alkyl halides is 1. The second-order valence-corrected chi connectivity index (χ2v) is 5.75. The van der Waals surface area contributed by atoms with Crippen LogP contribution in [0.1, 0.15) is 18.4 Å². The summed E-state index contributed by atoms with van der Waals surface area (Å²) < 4.78 is 13.3. The Morgan fingerprint density at radius 1 is 1.47 bits per heavy atom. The van der Waals surface area contributed by atoms with Gasteiger partial charge in [0.25, 0.3) is 0 Å². The maximum absolute atomic E-state index is 13.3. The lowest BCUT2D eigenvalue weighted by Gasteiger charge is -2.16. The van der Waals surface area contributed by atoms with Gasteiger partial charge in [-0.1, -0.05) is 39.7 Å². The molecule has 1 heterocycles. The lowest BCUT2D eigenvalue weighted by atomic mass is 10.1. The molecule has 0 saturated carbocycles. The van der Waals surface area contributed by atoms with Crippen molar-refractivity contribution in [3.05, 3.63) is 34.6 Å². The molecule has 1 atom stereocenters.